The summed E-state index contributed by atoms with van der Waals surface area (Å²) < 4.78 is 5.54. The van der Waals surface area contributed by atoms with E-state index in [9.17, 15) is 0 Å². The first-order valence-corrected chi connectivity index (χ1v) is 7.16. The van der Waals surface area contributed by atoms with Gasteiger partial charge in [-0.1, -0.05) is 33.8 Å². The molecule has 0 saturated heterocycles. The SMILES string of the molecule is COc1ccc(C(C)C)cc1-c1cnccc1C(C)C. The molecule has 0 unspecified atom stereocenters. The predicted molar refractivity (Wildman–Crippen MR) is 84.4 cm³/mol. The van der Waals surface area contributed by atoms with Gasteiger partial charge >= 0.3 is 0 Å². The Labute approximate surface area is 121 Å². The molecule has 2 nitrogen and oxygen atoms in total. The largest absolute Gasteiger partial charge is 0.496 e. The van der Waals surface area contributed by atoms with Crippen LogP contribution >= 0.6 is 0 Å². The van der Waals surface area contributed by atoms with Crippen molar-refractivity contribution in [1.82, 2.24) is 4.98 Å². The van der Waals surface area contributed by atoms with E-state index in [0.717, 1.165) is 11.3 Å². The van der Waals surface area contributed by atoms with Crippen LogP contribution < -0.4 is 4.74 Å². The summed E-state index contributed by atoms with van der Waals surface area (Å²) in [5.41, 5.74) is 4.93. The van der Waals surface area contributed by atoms with Crippen LogP contribution in [0.15, 0.2) is 36.7 Å². The Balaban J connectivity index is 2.64. The summed E-state index contributed by atoms with van der Waals surface area (Å²) in [5, 5.41) is 0. The monoisotopic (exact) mass is 269 g/mol. The molecule has 20 heavy (non-hydrogen) atoms. The van der Waals surface area contributed by atoms with Crippen LogP contribution in [0.1, 0.15) is 50.7 Å². The Kier molecular flexibility index (Phi) is 4.43. The Hall–Kier alpha value is -1.83. The molecule has 0 aliphatic rings. The summed E-state index contributed by atoms with van der Waals surface area (Å²) in [6.45, 7) is 8.82. The van der Waals surface area contributed by atoms with Crippen molar-refractivity contribution in [3.05, 3.63) is 47.8 Å². The van der Waals surface area contributed by atoms with Crippen molar-refractivity contribution in [1.29, 1.82) is 0 Å². The number of methoxy groups -OCH3 is 1. The molecule has 0 aliphatic heterocycles. The van der Waals surface area contributed by atoms with Crippen LogP contribution in [0.4, 0.5) is 0 Å². The van der Waals surface area contributed by atoms with Gasteiger partial charge in [0.05, 0.1) is 7.11 Å². The first-order chi connectivity index (χ1) is 9.54. The summed E-state index contributed by atoms with van der Waals surface area (Å²) in [4.78, 5) is 4.30. The predicted octanol–water partition coefficient (Wildman–Crippen LogP) is 5.00. The number of benzene rings is 1. The second-order valence-electron chi connectivity index (χ2n) is 5.73. The Morgan fingerprint density at radius 1 is 0.950 bits per heavy atom. The molecule has 2 rings (SSSR count). The lowest BCUT2D eigenvalue weighted by atomic mass is 9.91. The van der Waals surface area contributed by atoms with Gasteiger partial charge in [-0.15, -0.1) is 0 Å². The van der Waals surface area contributed by atoms with Crippen LogP contribution in [-0.2, 0) is 0 Å². The third kappa shape index (κ3) is 2.84. The first-order valence-electron chi connectivity index (χ1n) is 7.16. The lowest BCUT2D eigenvalue weighted by molar-refractivity contribution is 0.416. The second-order valence-corrected chi connectivity index (χ2v) is 5.73. The molecule has 0 saturated carbocycles. The van der Waals surface area contributed by atoms with E-state index in [4.69, 9.17) is 4.74 Å². The van der Waals surface area contributed by atoms with Crippen LogP contribution in [-0.4, -0.2) is 12.1 Å². The van der Waals surface area contributed by atoms with E-state index in [0.29, 0.717) is 11.8 Å². The number of aromatic nitrogens is 1. The van der Waals surface area contributed by atoms with Crippen molar-refractivity contribution in [2.75, 3.05) is 7.11 Å². The average molecular weight is 269 g/mol. The number of ether oxygens (including phenoxy) is 1. The second kappa shape index (κ2) is 6.08. The summed E-state index contributed by atoms with van der Waals surface area (Å²) in [6, 6.07) is 8.52. The Bertz CT molecular complexity index is 588. The molecule has 1 heterocycles. The molecule has 2 aromatic rings. The maximum absolute atomic E-state index is 5.54. The molecule has 0 N–H and O–H groups in total. The Morgan fingerprint density at radius 2 is 1.70 bits per heavy atom. The van der Waals surface area contributed by atoms with Crippen molar-refractivity contribution in [3.8, 4) is 16.9 Å². The standard InChI is InChI=1S/C18H23NO/c1-12(2)14-6-7-18(20-5)16(10-14)17-11-19-9-8-15(17)13(3)4/h6-13H,1-5H3. The minimum atomic E-state index is 0.459. The van der Waals surface area contributed by atoms with Crippen LogP contribution in [0.3, 0.4) is 0 Å². The van der Waals surface area contributed by atoms with Gasteiger partial charge in [-0.25, -0.2) is 0 Å². The van der Waals surface area contributed by atoms with E-state index >= 15 is 0 Å². The smallest absolute Gasteiger partial charge is 0.126 e. The van der Waals surface area contributed by atoms with Crippen molar-refractivity contribution >= 4 is 0 Å². The molecule has 0 fully saturated rings. The summed E-state index contributed by atoms with van der Waals surface area (Å²) >= 11 is 0. The van der Waals surface area contributed by atoms with E-state index in [1.807, 2.05) is 12.4 Å². The zero-order valence-electron chi connectivity index (χ0n) is 13.0. The Morgan fingerprint density at radius 3 is 2.30 bits per heavy atom. The van der Waals surface area contributed by atoms with Crippen molar-refractivity contribution in [3.63, 3.8) is 0 Å². The van der Waals surface area contributed by atoms with E-state index in [-0.39, 0.29) is 0 Å². The van der Waals surface area contributed by atoms with Gasteiger partial charge in [0.15, 0.2) is 0 Å². The van der Waals surface area contributed by atoms with Gasteiger partial charge < -0.3 is 4.74 Å². The highest BCUT2D eigenvalue weighted by molar-refractivity contribution is 5.74. The third-order valence-corrected chi connectivity index (χ3v) is 3.66. The van der Waals surface area contributed by atoms with Gasteiger partial charge in [-0.3, -0.25) is 4.98 Å². The first kappa shape index (κ1) is 14.6. The highest BCUT2D eigenvalue weighted by Gasteiger charge is 2.14. The number of nitrogens with zero attached hydrogens (tertiary/aromatic N) is 1. The average Bonchev–Trinajstić information content (AvgIpc) is 2.46. The van der Waals surface area contributed by atoms with E-state index < -0.39 is 0 Å². The third-order valence-electron chi connectivity index (χ3n) is 3.66. The van der Waals surface area contributed by atoms with E-state index in [1.54, 1.807) is 7.11 Å². The summed E-state index contributed by atoms with van der Waals surface area (Å²) in [5.74, 6) is 1.86. The minimum Gasteiger partial charge on any atom is -0.496 e. The van der Waals surface area contributed by atoms with Gasteiger partial charge in [0.2, 0.25) is 0 Å². The number of hydrogen-bond acceptors (Lipinski definition) is 2. The molecule has 1 aromatic heterocycles. The fourth-order valence-electron chi connectivity index (χ4n) is 2.43. The normalized spacial score (nSPS) is 11.2. The zero-order valence-corrected chi connectivity index (χ0v) is 13.0. The molecule has 0 bridgehead atoms. The van der Waals surface area contributed by atoms with Gasteiger partial charge in [0, 0.05) is 23.5 Å². The highest BCUT2D eigenvalue weighted by atomic mass is 16.5. The van der Waals surface area contributed by atoms with Crippen molar-refractivity contribution in [2.24, 2.45) is 0 Å². The maximum Gasteiger partial charge on any atom is 0.126 e. The lowest BCUT2D eigenvalue weighted by Crippen LogP contribution is -1.97. The van der Waals surface area contributed by atoms with Crippen molar-refractivity contribution in [2.45, 2.75) is 39.5 Å². The fourth-order valence-corrected chi connectivity index (χ4v) is 2.43. The molecule has 0 radical (unpaired) electrons. The van der Waals surface area contributed by atoms with Crippen LogP contribution in [0.5, 0.6) is 5.75 Å². The van der Waals surface area contributed by atoms with Crippen LogP contribution in [0.25, 0.3) is 11.1 Å². The molecule has 0 spiro atoms. The summed E-state index contributed by atoms with van der Waals surface area (Å²) in [6.07, 6.45) is 3.80. The molecule has 1 aromatic carbocycles. The minimum absolute atomic E-state index is 0.459. The van der Waals surface area contributed by atoms with E-state index in [1.165, 1.54) is 16.7 Å². The van der Waals surface area contributed by atoms with Gasteiger partial charge in [-0.2, -0.15) is 0 Å². The molecule has 106 valence electrons. The topological polar surface area (TPSA) is 22.1 Å². The summed E-state index contributed by atoms with van der Waals surface area (Å²) in [7, 11) is 1.72. The number of rotatable bonds is 4. The lowest BCUT2D eigenvalue weighted by Gasteiger charge is -2.17. The molecule has 2 heteroatoms. The van der Waals surface area contributed by atoms with Gasteiger partial charge in [-0.05, 0) is 41.2 Å². The maximum atomic E-state index is 5.54. The number of pyridine rings is 1. The molecule has 0 amide bonds. The quantitative estimate of drug-likeness (QED) is 0.779. The van der Waals surface area contributed by atoms with Gasteiger partial charge in [0.1, 0.15) is 5.75 Å². The van der Waals surface area contributed by atoms with Crippen LogP contribution in [0, 0.1) is 0 Å². The molecule has 0 aliphatic carbocycles. The molecular formula is C18H23NO. The number of hydrogen-bond donors (Lipinski definition) is 0. The van der Waals surface area contributed by atoms with Gasteiger partial charge in [0.25, 0.3) is 0 Å². The van der Waals surface area contributed by atoms with Crippen molar-refractivity contribution < 1.29 is 4.74 Å². The van der Waals surface area contributed by atoms with Crippen LogP contribution in [0.2, 0.25) is 0 Å². The highest BCUT2D eigenvalue weighted by Crippen LogP contribution is 2.36. The zero-order chi connectivity index (χ0) is 14.7. The molecule has 0 atom stereocenters. The van der Waals surface area contributed by atoms with E-state index in [2.05, 4.69) is 56.9 Å². The fraction of sp³-hybridized carbons (Fsp3) is 0.389. The molecular weight excluding hydrogens is 246 g/mol.